The average Bonchev–Trinajstić information content (AvgIpc) is 2.70. The van der Waals surface area contributed by atoms with Crippen molar-refractivity contribution in [3.63, 3.8) is 0 Å². The van der Waals surface area contributed by atoms with Crippen molar-refractivity contribution in [1.29, 1.82) is 5.26 Å². The van der Waals surface area contributed by atoms with Crippen LogP contribution in [0.3, 0.4) is 0 Å². The average molecular weight is 356 g/mol. The Bertz CT molecular complexity index is 862. The third-order valence-electron chi connectivity index (χ3n) is 4.22. The Labute approximate surface area is 160 Å². The van der Waals surface area contributed by atoms with Gasteiger partial charge in [-0.2, -0.15) is 17.0 Å². The van der Waals surface area contributed by atoms with E-state index in [9.17, 15) is 0 Å². The molecule has 0 aliphatic rings. The van der Waals surface area contributed by atoms with Gasteiger partial charge >= 0.3 is 0 Å². The highest BCUT2D eigenvalue weighted by molar-refractivity contribution is 7.98. The predicted molar refractivity (Wildman–Crippen MR) is 112 cm³/mol. The van der Waals surface area contributed by atoms with Crippen LogP contribution >= 0.6 is 11.8 Å². The lowest BCUT2D eigenvalue weighted by Gasteiger charge is -2.14. The molecule has 0 aromatic heterocycles. The van der Waals surface area contributed by atoms with Crippen LogP contribution in [0.25, 0.3) is 5.57 Å². The zero-order valence-electron chi connectivity index (χ0n) is 14.9. The summed E-state index contributed by atoms with van der Waals surface area (Å²) >= 11 is 1.90. The fraction of sp³-hybridized carbons (Fsp3) is 0.125. The van der Waals surface area contributed by atoms with Crippen LogP contribution in [0.1, 0.15) is 29.2 Å². The molecule has 0 radical (unpaired) electrons. The van der Waals surface area contributed by atoms with Gasteiger partial charge in [-0.15, -0.1) is 0 Å². The van der Waals surface area contributed by atoms with Crippen molar-refractivity contribution in [2.75, 3.05) is 5.75 Å². The molecule has 0 atom stereocenters. The predicted octanol–water partition coefficient (Wildman–Crippen LogP) is 6.31. The van der Waals surface area contributed by atoms with Crippen LogP contribution in [0.4, 0.5) is 0 Å². The van der Waals surface area contributed by atoms with Crippen LogP contribution in [0, 0.1) is 11.3 Å². The molecule has 128 valence electrons. The molecule has 0 saturated carbocycles. The molecular weight excluding hydrogens is 334 g/mol. The van der Waals surface area contributed by atoms with E-state index in [2.05, 4.69) is 73.7 Å². The van der Waals surface area contributed by atoms with Crippen molar-refractivity contribution in [2.24, 2.45) is 0 Å². The van der Waals surface area contributed by atoms with E-state index in [-0.39, 0.29) is 0 Å². The van der Waals surface area contributed by atoms with Gasteiger partial charge in [0.1, 0.15) is 0 Å². The van der Waals surface area contributed by atoms with Crippen molar-refractivity contribution in [1.82, 2.24) is 0 Å². The second-order valence-corrected chi connectivity index (χ2v) is 7.17. The molecule has 3 aromatic carbocycles. The van der Waals surface area contributed by atoms with Gasteiger partial charge in [0.05, 0.1) is 11.6 Å². The maximum Gasteiger partial charge on any atom is 0.0991 e. The van der Waals surface area contributed by atoms with E-state index in [1.165, 1.54) is 27.8 Å². The minimum atomic E-state index is 0.713. The Morgan fingerprint density at radius 1 is 0.808 bits per heavy atom. The molecule has 26 heavy (non-hydrogen) atoms. The minimum absolute atomic E-state index is 0.713. The van der Waals surface area contributed by atoms with Crippen LogP contribution < -0.4 is 0 Å². The maximum atomic E-state index is 8.89. The molecule has 0 bridgehead atoms. The van der Waals surface area contributed by atoms with E-state index >= 15 is 0 Å². The third-order valence-corrected chi connectivity index (χ3v) is 5.40. The summed E-state index contributed by atoms with van der Waals surface area (Å²) in [6, 6.07) is 31.2. The molecule has 0 N–H and O–H groups in total. The first-order chi connectivity index (χ1) is 12.8. The summed E-state index contributed by atoms with van der Waals surface area (Å²) in [6.45, 7) is 2.22. The van der Waals surface area contributed by atoms with Gasteiger partial charge in [0.2, 0.25) is 0 Å². The van der Waals surface area contributed by atoms with Crippen molar-refractivity contribution < 1.29 is 0 Å². The van der Waals surface area contributed by atoms with Gasteiger partial charge in [-0.05, 0) is 41.3 Å². The van der Waals surface area contributed by atoms with Gasteiger partial charge in [0, 0.05) is 11.5 Å². The number of thioether (sulfide) groups is 1. The zero-order valence-corrected chi connectivity index (χ0v) is 15.7. The summed E-state index contributed by atoms with van der Waals surface area (Å²) in [6.07, 6.45) is 0. The lowest BCUT2D eigenvalue weighted by Crippen LogP contribution is -1.95. The molecule has 0 spiro atoms. The van der Waals surface area contributed by atoms with Gasteiger partial charge in [-0.3, -0.25) is 0 Å². The molecule has 0 saturated heterocycles. The van der Waals surface area contributed by atoms with Crippen LogP contribution in [0.5, 0.6) is 0 Å². The van der Waals surface area contributed by atoms with Gasteiger partial charge in [-0.1, -0.05) is 78.4 Å². The van der Waals surface area contributed by atoms with Crippen LogP contribution in [0.2, 0.25) is 0 Å². The fourth-order valence-electron chi connectivity index (χ4n) is 2.94. The summed E-state index contributed by atoms with van der Waals surface area (Å²) in [7, 11) is 0. The van der Waals surface area contributed by atoms with E-state index < -0.39 is 0 Å². The SMILES string of the molecule is CC(CSCc1ccc(C#N)cc1)=C(c1ccccc1)c1ccccc1. The van der Waals surface area contributed by atoms with E-state index in [0.29, 0.717) is 5.56 Å². The number of benzene rings is 3. The number of hydrogen-bond acceptors (Lipinski definition) is 2. The first-order valence-corrected chi connectivity index (χ1v) is 9.81. The van der Waals surface area contributed by atoms with Crippen LogP contribution in [-0.2, 0) is 5.75 Å². The first-order valence-electron chi connectivity index (χ1n) is 8.65. The topological polar surface area (TPSA) is 23.8 Å². The maximum absolute atomic E-state index is 8.89. The molecule has 0 heterocycles. The summed E-state index contributed by atoms with van der Waals surface area (Å²) < 4.78 is 0. The Morgan fingerprint density at radius 2 is 1.35 bits per heavy atom. The Morgan fingerprint density at radius 3 is 1.85 bits per heavy atom. The highest BCUT2D eigenvalue weighted by Gasteiger charge is 2.09. The number of hydrogen-bond donors (Lipinski definition) is 0. The van der Waals surface area contributed by atoms with Gasteiger partial charge in [-0.25, -0.2) is 0 Å². The second-order valence-electron chi connectivity index (χ2n) is 6.19. The molecule has 0 fully saturated rings. The smallest absolute Gasteiger partial charge is 0.0991 e. The Balaban J connectivity index is 1.78. The molecule has 0 amide bonds. The molecule has 0 unspecified atom stereocenters. The van der Waals surface area contributed by atoms with Crippen LogP contribution in [0.15, 0.2) is 90.5 Å². The van der Waals surface area contributed by atoms with E-state index in [4.69, 9.17) is 5.26 Å². The molecule has 3 aromatic rings. The fourth-order valence-corrected chi connectivity index (χ4v) is 3.92. The normalized spacial score (nSPS) is 10.2. The molecular formula is C24H21NS. The highest BCUT2D eigenvalue weighted by Crippen LogP contribution is 2.29. The van der Waals surface area contributed by atoms with E-state index in [1.54, 1.807) is 0 Å². The van der Waals surface area contributed by atoms with Crippen molar-refractivity contribution in [3.05, 3.63) is 113 Å². The van der Waals surface area contributed by atoms with Gasteiger partial charge < -0.3 is 0 Å². The standard InChI is InChI=1S/C24H21NS/c1-19(17-26-18-21-14-12-20(16-25)13-15-21)24(22-8-4-2-5-9-22)23-10-6-3-7-11-23/h2-15H,17-18H2,1H3. The second kappa shape index (κ2) is 9.08. The molecule has 0 aliphatic carbocycles. The Hall–Kier alpha value is -2.76. The highest BCUT2D eigenvalue weighted by atomic mass is 32.2. The first kappa shape index (κ1) is 18.0. The van der Waals surface area contributed by atoms with Crippen molar-refractivity contribution in [2.45, 2.75) is 12.7 Å². The zero-order chi connectivity index (χ0) is 18.2. The van der Waals surface area contributed by atoms with Crippen molar-refractivity contribution in [3.8, 4) is 6.07 Å². The van der Waals surface area contributed by atoms with Crippen LogP contribution in [-0.4, -0.2) is 5.75 Å². The summed E-state index contributed by atoms with van der Waals surface area (Å²) in [4.78, 5) is 0. The number of nitriles is 1. The summed E-state index contributed by atoms with van der Waals surface area (Å²) in [5, 5.41) is 8.89. The van der Waals surface area contributed by atoms with Gasteiger partial charge in [0.15, 0.2) is 0 Å². The minimum Gasteiger partial charge on any atom is -0.192 e. The van der Waals surface area contributed by atoms with Crippen molar-refractivity contribution >= 4 is 17.3 Å². The monoisotopic (exact) mass is 355 g/mol. The molecule has 2 heteroatoms. The molecule has 3 rings (SSSR count). The lowest BCUT2D eigenvalue weighted by molar-refractivity contribution is 1.35. The van der Waals surface area contributed by atoms with E-state index in [1.807, 2.05) is 36.0 Å². The summed E-state index contributed by atoms with van der Waals surface area (Å²) in [5.41, 5.74) is 7.18. The summed E-state index contributed by atoms with van der Waals surface area (Å²) in [5.74, 6) is 1.92. The number of rotatable bonds is 6. The molecule has 0 aliphatic heterocycles. The largest absolute Gasteiger partial charge is 0.192 e. The quantitative estimate of drug-likeness (QED) is 0.517. The third kappa shape index (κ3) is 4.65. The lowest BCUT2D eigenvalue weighted by atomic mass is 9.94. The molecule has 1 nitrogen and oxygen atoms in total. The van der Waals surface area contributed by atoms with E-state index in [0.717, 1.165) is 11.5 Å². The van der Waals surface area contributed by atoms with Gasteiger partial charge in [0.25, 0.3) is 0 Å². The Kier molecular flexibility index (Phi) is 6.30. The number of nitrogens with zero attached hydrogens (tertiary/aromatic N) is 1.